The fourth-order valence-electron chi connectivity index (χ4n) is 2.39. The number of carbonyl (C=O) groups is 1. The first-order valence-corrected chi connectivity index (χ1v) is 7.50. The molecule has 24 heavy (non-hydrogen) atoms. The molecule has 2 aromatic carbocycles. The van der Waals surface area contributed by atoms with Crippen molar-refractivity contribution in [2.75, 3.05) is 7.11 Å². The quantitative estimate of drug-likeness (QED) is 0.624. The standard InChI is InChI=1S/C18H17N3O3/c1-23-21-17(11-14-7-3-2-4-8-14)16(19-20-21)13-24-18-10-6-5-9-15(18)12-22/h2-10,12H,11,13H2,1H3. The molecule has 0 aliphatic heterocycles. The minimum atomic E-state index is 0.205. The summed E-state index contributed by atoms with van der Waals surface area (Å²) in [7, 11) is 1.54. The molecule has 0 unspecified atom stereocenters. The number of nitrogens with zero attached hydrogens (tertiary/aromatic N) is 3. The lowest BCUT2D eigenvalue weighted by molar-refractivity contribution is 0.111. The maximum Gasteiger partial charge on any atom is 0.153 e. The lowest BCUT2D eigenvalue weighted by Gasteiger charge is -2.09. The van der Waals surface area contributed by atoms with Crippen molar-refractivity contribution < 1.29 is 14.4 Å². The van der Waals surface area contributed by atoms with Crippen LogP contribution in [0.4, 0.5) is 0 Å². The summed E-state index contributed by atoms with van der Waals surface area (Å²) in [6.45, 7) is 0.205. The van der Waals surface area contributed by atoms with Crippen molar-refractivity contribution >= 4 is 6.29 Å². The zero-order valence-electron chi connectivity index (χ0n) is 13.3. The van der Waals surface area contributed by atoms with E-state index in [9.17, 15) is 4.79 Å². The Morgan fingerprint density at radius 3 is 2.58 bits per heavy atom. The molecule has 1 heterocycles. The van der Waals surface area contributed by atoms with E-state index in [0.717, 1.165) is 17.5 Å². The highest BCUT2D eigenvalue weighted by molar-refractivity contribution is 5.79. The highest BCUT2D eigenvalue weighted by Crippen LogP contribution is 2.19. The van der Waals surface area contributed by atoms with Gasteiger partial charge >= 0.3 is 0 Å². The molecule has 0 aliphatic carbocycles. The molecule has 6 heteroatoms. The fourth-order valence-corrected chi connectivity index (χ4v) is 2.39. The molecular formula is C18H17N3O3. The number of rotatable bonds is 7. The van der Waals surface area contributed by atoms with Gasteiger partial charge in [0.25, 0.3) is 0 Å². The number of aldehydes is 1. The van der Waals surface area contributed by atoms with E-state index in [1.165, 1.54) is 12.0 Å². The van der Waals surface area contributed by atoms with E-state index in [1.807, 2.05) is 36.4 Å². The number of para-hydroxylation sites is 1. The van der Waals surface area contributed by atoms with Gasteiger partial charge in [-0.15, -0.1) is 5.10 Å². The summed E-state index contributed by atoms with van der Waals surface area (Å²) < 4.78 is 5.75. The molecule has 0 spiro atoms. The van der Waals surface area contributed by atoms with Crippen LogP contribution in [0.3, 0.4) is 0 Å². The van der Waals surface area contributed by atoms with E-state index in [4.69, 9.17) is 9.57 Å². The molecule has 3 rings (SSSR count). The molecule has 0 atom stereocenters. The largest absolute Gasteiger partial charge is 0.486 e. The molecule has 6 nitrogen and oxygen atoms in total. The normalized spacial score (nSPS) is 10.4. The monoisotopic (exact) mass is 323 g/mol. The van der Waals surface area contributed by atoms with Crippen LogP contribution in [0.1, 0.15) is 27.3 Å². The number of aromatic nitrogens is 3. The number of carbonyl (C=O) groups excluding carboxylic acids is 1. The summed E-state index contributed by atoms with van der Waals surface area (Å²) in [4.78, 5) is 17.7. The van der Waals surface area contributed by atoms with Crippen LogP contribution in [0.15, 0.2) is 54.6 Å². The summed E-state index contributed by atoms with van der Waals surface area (Å²) in [5.41, 5.74) is 3.10. The van der Waals surface area contributed by atoms with Crippen LogP contribution < -0.4 is 9.57 Å². The second-order valence-electron chi connectivity index (χ2n) is 5.15. The topological polar surface area (TPSA) is 66.2 Å². The smallest absolute Gasteiger partial charge is 0.153 e. The van der Waals surface area contributed by atoms with Crippen molar-refractivity contribution in [3.8, 4) is 5.75 Å². The summed E-state index contributed by atoms with van der Waals surface area (Å²) in [6.07, 6.45) is 1.39. The van der Waals surface area contributed by atoms with Crippen LogP contribution >= 0.6 is 0 Å². The Hall–Kier alpha value is -3.15. The van der Waals surface area contributed by atoms with Crippen molar-refractivity contribution in [3.05, 3.63) is 77.1 Å². The van der Waals surface area contributed by atoms with Crippen LogP contribution in [0.5, 0.6) is 5.75 Å². The van der Waals surface area contributed by atoms with Gasteiger partial charge in [-0.05, 0) is 22.9 Å². The summed E-state index contributed by atoms with van der Waals surface area (Å²) >= 11 is 0. The van der Waals surface area contributed by atoms with Crippen LogP contribution in [0.25, 0.3) is 0 Å². The molecule has 0 saturated carbocycles. The first kappa shape index (κ1) is 15.7. The second kappa shape index (κ2) is 7.41. The molecule has 1 aromatic heterocycles. The number of benzene rings is 2. The summed E-state index contributed by atoms with van der Waals surface area (Å²) in [5.74, 6) is 0.519. The van der Waals surface area contributed by atoms with Crippen molar-refractivity contribution in [1.82, 2.24) is 15.2 Å². The third kappa shape index (κ3) is 3.43. The average Bonchev–Trinajstić information content (AvgIpc) is 3.02. The van der Waals surface area contributed by atoms with Gasteiger partial charge in [-0.3, -0.25) is 4.79 Å². The van der Waals surface area contributed by atoms with Gasteiger partial charge in [0.05, 0.1) is 5.56 Å². The van der Waals surface area contributed by atoms with Gasteiger partial charge in [-0.2, -0.15) is 0 Å². The summed E-state index contributed by atoms with van der Waals surface area (Å²) in [5, 5.41) is 8.11. The Morgan fingerprint density at radius 1 is 1.08 bits per heavy atom. The maximum atomic E-state index is 11.1. The van der Waals surface area contributed by atoms with Gasteiger partial charge in [-0.1, -0.05) is 47.3 Å². The Labute approximate surface area is 139 Å². The minimum absolute atomic E-state index is 0.205. The molecule has 0 saturated heterocycles. The van der Waals surface area contributed by atoms with Gasteiger partial charge in [0, 0.05) is 6.42 Å². The first-order chi connectivity index (χ1) is 11.8. The third-order valence-corrected chi connectivity index (χ3v) is 3.61. The van der Waals surface area contributed by atoms with Crippen molar-refractivity contribution in [3.63, 3.8) is 0 Å². The van der Waals surface area contributed by atoms with E-state index in [1.54, 1.807) is 18.2 Å². The molecule has 122 valence electrons. The summed E-state index contributed by atoms with van der Waals surface area (Å²) in [6, 6.07) is 17.0. The highest BCUT2D eigenvalue weighted by Gasteiger charge is 2.15. The van der Waals surface area contributed by atoms with E-state index >= 15 is 0 Å². The molecule has 0 bridgehead atoms. The zero-order chi connectivity index (χ0) is 16.8. The zero-order valence-corrected chi connectivity index (χ0v) is 13.3. The van der Waals surface area contributed by atoms with Crippen LogP contribution in [0, 0.1) is 0 Å². The average molecular weight is 323 g/mol. The SMILES string of the molecule is COn1nnc(COc2ccccc2C=O)c1Cc1ccccc1. The second-order valence-corrected chi connectivity index (χ2v) is 5.15. The Kier molecular flexibility index (Phi) is 4.86. The highest BCUT2D eigenvalue weighted by atomic mass is 16.7. The molecule has 0 amide bonds. The van der Waals surface area contributed by atoms with E-state index in [-0.39, 0.29) is 6.61 Å². The predicted molar refractivity (Wildman–Crippen MR) is 87.9 cm³/mol. The Morgan fingerprint density at radius 2 is 1.83 bits per heavy atom. The molecular weight excluding hydrogens is 306 g/mol. The molecule has 0 radical (unpaired) electrons. The lowest BCUT2D eigenvalue weighted by atomic mass is 10.1. The molecule has 0 aliphatic rings. The van der Waals surface area contributed by atoms with Crippen LogP contribution in [-0.4, -0.2) is 28.6 Å². The van der Waals surface area contributed by atoms with Crippen LogP contribution in [0.2, 0.25) is 0 Å². The maximum absolute atomic E-state index is 11.1. The van der Waals surface area contributed by atoms with E-state index < -0.39 is 0 Å². The van der Waals surface area contributed by atoms with Gasteiger partial charge in [0.1, 0.15) is 30.9 Å². The predicted octanol–water partition coefficient (Wildman–Crippen LogP) is 2.32. The van der Waals surface area contributed by atoms with Crippen molar-refractivity contribution in [1.29, 1.82) is 0 Å². The van der Waals surface area contributed by atoms with Crippen molar-refractivity contribution in [2.24, 2.45) is 0 Å². The molecule has 0 N–H and O–H groups in total. The van der Waals surface area contributed by atoms with Gasteiger partial charge < -0.3 is 9.57 Å². The number of ether oxygens (including phenoxy) is 1. The van der Waals surface area contributed by atoms with Gasteiger partial charge in [0.15, 0.2) is 6.29 Å². The number of hydrogen-bond acceptors (Lipinski definition) is 5. The Bertz CT molecular complexity index is 815. The third-order valence-electron chi connectivity index (χ3n) is 3.61. The minimum Gasteiger partial charge on any atom is -0.486 e. The van der Waals surface area contributed by atoms with Gasteiger partial charge in [-0.25, -0.2) is 0 Å². The number of hydrogen-bond donors (Lipinski definition) is 0. The van der Waals surface area contributed by atoms with Crippen LogP contribution in [-0.2, 0) is 13.0 Å². The van der Waals surface area contributed by atoms with Crippen molar-refractivity contribution in [2.45, 2.75) is 13.0 Å². The lowest BCUT2D eigenvalue weighted by Crippen LogP contribution is -2.13. The fraction of sp³-hybridized carbons (Fsp3) is 0.167. The van der Waals surface area contributed by atoms with Gasteiger partial charge in [0.2, 0.25) is 0 Å². The Balaban J connectivity index is 1.81. The van der Waals surface area contributed by atoms with E-state index in [2.05, 4.69) is 10.3 Å². The van der Waals surface area contributed by atoms with E-state index in [0.29, 0.717) is 23.4 Å². The molecule has 0 fully saturated rings. The molecule has 3 aromatic rings. The first-order valence-electron chi connectivity index (χ1n) is 7.50.